The Bertz CT molecular complexity index is 1330. The molecule has 5 rings (SSSR count). The van der Waals surface area contributed by atoms with E-state index in [2.05, 4.69) is 79.8 Å². The van der Waals surface area contributed by atoms with E-state index in [-0.39, 0.29) is 0 Å². The van der Waals surface area contributed by atoms with Crippen LogP contribution >= 0.6 is 0 Å². The Morgan fingerprint density at radius 1 is 0.879 bits per heavy atom. The van der Waals surface area contributed by atoms with Crippen LogP contribution in [0.25, 0.3) is 34.5 Å². The Hall–Kier alpha value is -4.22. The summed E-state index contributed by atoms with van der Waals surface area (Å²) in [5, 5.41) is 0. The molecule has 0 fully saturated rings. The second kappa shape index (κ2) is 9.51. The molecule has 0 amide bonds. The molecular formula is C31H24N2. The second-order valence-electron chi connectivity index (χ2n) is 8.21. The fourth-order valence-electron chi connectivity index (χ4n) is 4.17. The second-order valence-corrected chi connectivity index (χ2v) is 8.21. The van der Waals surface area contributed by atoms with Crippen molar-refractivity contribution in [2.24, 2.45) is 0 Å². The van der Waals surface area contributed by atoms with Gasteiger partial charge in [0, 0.05) is 35.0 Å². The van der Waals surface area contributed by atoms with E-state index in [4.69, 9.17) is 9.97 Å². The molecule has 4 aromatic rings. The average Bonchev–Trinajstić information content (AvgIpc) is 2.89. The zero-order valence-electron chi connectivity index (χ0n) is 18.6. The Morgan fingerprint density at radius 3 is 2.52 bits per heavy atom. The summed E-state index contributed by atoms with van der Waals surface area (Å²) in [5.74, 6) is 0.336. The van der Waals surface area contributed by atoms with Crippen LogP contribution in [-0.2, 0) is 0 Å². The first-order chi connectivity index (χ1) is 16.3. The fraction of sp³-hybridized carbons (Fsp3) is 0.0968. The van der Waals surface area contributed by atoms with Gasteiger partial charge in [-0.3, -0.25) is 9.97 Å². The minimum absolute atomic E-state index is 0.336. The summed E-state index contributed by atoms with van der Waals surface area (Å²) in [6.07, 6.45) is 17.8. The molecule has 0 bridgehead atoms. The van der Waals surface area contributed by atoms with Gasteiger partial charge in [-0.25, -0.2) is 0 Å². The summed E-state index contributed by atoms with van der Waals surface area (Å²) >= 11 is 0. The van der Waals surface area contributed by atoms with Gasteiger partial charge in [-0.05, 0) is 60.4 Å². The maximum atomic E-state index is 4.88. The summed E-state index contributed by atoms with van der Waals surface area (Å²) in [6, 6.07) is 26.6. The number of hydrogen-bond donors (Lipinski definition) is 0. The van der Waals surface area contributed by atoms with Crippen LogP contribution in [0, 0.1) is 19.1 Å². The largest absolute Gasteiger partial charge is 0.260 e. The van der Waals surface area contributed by atoms with Crippen molar-refractivity contribution >= 4 is 12.2 Å². The lowest BCUT2D eigenvalue weighted by molar-refractivity contribution is 0.806. The third kappa shape index (κ3) is 4.68. The quantitative estimate of drug-likeness (QED) is 0.332. The van der Waals surface area contributed by atoms with Gasteiger partial charge in [0.2, 0.25) is 0 Å². The molecule has 0 N–H and O–H groups in total. The van der Waals surface area contributed by atoms with Crippen molar-refractivity contribution in [3.05, 3.63) is 132 Å². The molecule has 2 aromatic carbocycles. The molecule has 0 radical (unpaired) electrons. The van der Waals surface area contributed by atoms with Crippen molar-refractivity contribution in [1.29, 1.82) is 0 Å². The zero-order chi connectivity index (χ0) is 22.5. The van der Waals surface area contributed by atoms with E-state index in [9.17, 15) is 0 Å². The van der Waals surface area contributed by atoms with Gasteiger partial charge >= 0.3 is 0 Å². The minimum atomic E-state index is 0.336. The van der Waals surface area contributed by atoms with Crippen LogP contribution in [0.4, 0.5) is 0 Å². The normalized spacial score (nSPS) is 15.0. The summed E-state index contributed by atoms with van der Waals surface area (Å²) < 4.78 is 0. The number of hydrogen-bond acceptors (Lipinski definition) is 2. The molecule has 1 atom stereocenters. The highest BCUT2D eigenvalue weighted by atomic mass is 14.7. The maximum Gasteiger partial charge on any atom is 0.0790 e. The standard InChI is InChI=1S/C31H24N2/c1-23-19-29(22-32-30(23)26-15-9-4-10-16-26)31-27(18-17-24-11-5-2-6-12-24)20-28(21-33-31)25-13-7-3-8-14-25/h2,4-7,9-15,17-22,26H,16H2,1H3. The number of rotatable bonds is 5. The molecule has 0 saturated carbocycles. The van der Waals surface area contributed by atoms with Crippen LogP contribution in [0.5, 0.6) is 0 Å². The van der Waals surface area contributed by atoms with Crippen LogP contribution in [-0.4, -0.2) is 9.97 Å². The summed E-state index contributed by atoms with van der Waals surface area (Å²) in [6.45, 7) is 2.14. The molecule has 2 heterocycles. The highest BCUT2D eigenvalue weighted by molar-refractivity contribution is 5.81. The van der Waals surface area contributed by atoms with Gasteiger partial charge in [0.25, 0.3) is 0 Å². The van der Waals surface area contributed by atoms with Crippen LogP contribution < -0.4 is 0 Å². The smallest absolute Gasteiger partial charge is 0.0790 e. The van der Waals surface area contributed by atoms with Gasteiger partial charge in [0.15, 0.2) is 0 Å². The van der Waals surface area contributed by atoms with E-state index in [1.54, 1.807) is 0 Å². The third-order valence-corrected chi connectivity index (χ3v) is 5.89. The monoisotopic (exact) mass is 424 g/mol. The molecule has 158 valence electrons. The third-order valence-electron chi connectivity index (χ3n) is 5.89. The predicted molar refractivity (Wildman–Crippen MR) is 136 cm³/mol. The Morgan fingerprint density at radius 2 is 1.76 bits per heavy atom. The lowest BCUT2D eigenvalue weighted by Crippen LogP contribution is -2.03. The predicted octanol–water partition coefficient (Wildman–Crippen LogP) is 7.49. The van der Waals surface area contributed by atoms with E-state index in [1.807, 2.05) is 48.8 Å². The average molecular weight is 425 g/mol. The summed E-state index contributed by atoms with van der Waals surface area (Å²) in [4.78, 5) is 9.74. The molecule has 2 aromatic heterocycles. The summed E-state index contributed by atoms with van der Waals surface area (Å²) in [7, 11) is 0. The van der Waals surface area contributed by atoms with Crippen molar-refractivity contribution in [3.8, 4) is 22.4 Å². The van der Waals surface area contributed by atoms with Gasteiger partial charge in [-0.1, -0.05) is 78.9 Å². The van der Waals surface area contributed by atoms with Gasteiger partial charge in [-0.2, -0.15) is 0 Å². The SMILES string of the molecule is Cc1cc(-c2ncc(-c3cc#ccc3)cc2C=Cc2ccccc2)cnc1C1C=CC=CC1. The van der Waals surface area contributed by atoms with Gasteiger partial charge in [0.1, 0.15) is 0 Å². The van der Waals surface area contributed by atoms with Crippen LogP contribution in [0.15, 0.2) is 97.4 Å². The highest BCUT2D eigenvalue weighted by Gasteiger charge is 2.15. The lowest BCUT2D eigenvalue weighted by atomic mass is 9.92. The number of nitrogens with zero attached hydrogens (tertiary/aromatic N) is 2. The van der Waals surface area contributed by atoms with Gasteiger partial charge in [-0.15, -0.1) is 0 Å². The van der Waals surface area contributed by atoms with Gasteiger partial charge < -0.3 is 0 Å². The Kier molecular flexibility index (Phi) is 5.95. The molecular weight excluding hydrogens is 400 g/mol. The Labute approximate surface area is 195 Å². The Balaban J connectivity index is 1.56. The number of allylic oxidation sites excluding steroid dienone is 4. The minimum Gasteiger partial charge on any atom is -0.260 e. The maximum absolute atomic E-state index is 4.88. The molecule has 0 spiro atoms. The van der Waals surface area contributed by atoms with Crippen molar-refractivity contribution in [2.45, 2.75) is 19.3 Å². The molecule has 33 heavy (non-hydrogen) atoms. The number of aromatic nitrogens is 2. The van der Waals surface area contributed by atoms with E-state index >= 15 is 0 Å². The van der Waals surface area contributed by atoms with E-state index < -0.39 is 0 Å². The zero-order valence-corrected chi connectivity index (χ0v) is 18.6. The lowest BCUT2D eigenvalue weighted by Gasteiger charge is -2.16. The van der Waals surface area contributed by atoms with Crippen molar-refractivity contribution < 1.29 is 0 Å². The van der Waals surface area contributed by atoms with Crippen molar-refractivity contribution in [1.82, 2.24) is 9.97 Å². The number of aryl methyl sites for hydroxylation is 1. The first-order valence-corrected chi connectivity index (χ1v) is 11.2. The fourth-order valence-corrected chi connectivity index (χ4v) is 4.17. The molecule has 1 aliphatic rings. The van der Waals surface area contributed by atoms with E-state index in [0.29, 0.717) is 5.92 Å². The first kappa shape index (κ1) is 20.7. The topological polar surface area (TPSA) is 25.8 Å². The van der Waals surface area contributed by atoms with E-state index in [1.165, 1.54) is 5.56 Å². The van der Waals surface area contributed by atoms with E-state index in [0.717, 1.165) is 45.6 Å². The molecule has 1 unspecified atom stereocenters. The number of pyridine rings is 2. The van der Waals surface area contributed by atoms with Gasteiger partial charge in [0.05, 0.1) is 11.4 Å². The van der Waals surface area contributed by atoms with Crippen LogP contribution in [0.3, 0.4) is 0 Å². The molecule has 0 aliphatic heterocycles. The molecule has 1 aliphatic carbocycles. The van der Waals surface area contributed by atoms with Crippen molar-refractivity contribution in [2.75, 3.05) is 0 Å². The molecule has 0 saturated heterocycles. The van der Waals surface area contributed by atoms with Crippen LogP contribution in [0.2, 0.25) is 0 Å². The number of benzene rings is 1. The van der Waals surface area contributed by atoms with Crippen LogP contribution in [0.1, 0.15) is 34.7 Å². The summed E-state index contributed by atoms with van der Waals surface area (Å²) in [5.41, 5.74) is 8.61. The molecule has 2 heteroatoms. The highest BCUT2D eigenvalue weighted by Crippen LogP contribution is 2.31. The molecule has 2 nitrogen and oxygen atoms in total. The van der Waals surface area contributed by atoms with Crippen molar-refractivity contribution in [3.63, 3.8) is 0 Å². The first-order valence-electron chi connectivity index (χ1n) is 11.2.